The summed E-state index contributed by atoms with van der Waals surface area (Å²) in [5.41, 5.74) is 3.11. The zero-order chi connectivity index (χ0) is 24.6. The topological polar surface area (TPSA) is 72.5 Å². The van der Waals surface area contributed by atoms with E-state index in [1.807, 2.05) is 53.9 Å². The summed E-state index contributed by atoms with van der Waals surface area (Å²) in [4.78, 5) is 18.8. The average molecular weight is 510 g/mol. The zero-order valence-electron chi connectivity index (χ0n) is 20.1. The van der Waals surface area contributed by atoms with Crippen molar-refractivity contribution in [1.82, 2.24) is 10.3 Å². The average Bonchev–Trinajstić information content (AvgIpc) is 3.40. The van der Waals surface area contributed by atoms with Crippen LogP contribution in [0.3, 0.4) is 0 Å². The van der Waals surface area contributed by atoms with Gasteiger partial charge in [-0.25, -0.2) is 4.98 Å². The van der Waals surface area contributed by atoms with E-state index in [1.165, 1.54) is 0 Å². The monoisotopic (exact) mass is 509 g/mol. The number of amides is 1. The molecule has 2 aromatic carbocycles. The smallest absolute Gasteiger partial charge is 0.275 e. The van der Waals surface area contributed by atoms with Crippen LogP contribution in [-0.2, 0) is 4.74 Å². The third kappa shape index (κ3) is 6.45. The van der Waals surface area contributed by atoms with Gasteiger partial charge in [-0.2, -0.15) is 0 Å². The van der Waals surface area contributed by atoms with Gasteiger partial charge in [-0.3, -0.25) is 4.79 Å². The number of rotatable bonds is 9. The van der Waals surface area contributed by atoms with Crippen molar-refractivity contribution in [2.24, 2.45) is 5.92 Å². The third-order valence-electron chi connectivity index (χ3n) is 6.37. The number of hydrogen-bond acceptors (Lipinski definition) is 6. The highest BCUT2D eigenvalue weighted by Crippen LogP contribution is 2.38. The molecule has 2 N–H and O–H groups in total. The van der Waals surface area contributed by atoms with Gasteiger partial charge in [-0.1, -0.05) is 42.5 Å². The van der Waals surface area contributed by atoms with Crippen LogP contribution in [0.15, 0.2) is 53.9 Å². The lowest BCUT2D eigenvalue weighted by Crippen LogP contribution is -2.33. The van der Waals surface area contributed by atoms with E-state index < -0.39 is 0 Å². The number of nitrogens with zero attached hydrogens (tertiary/aromatic N) is 1. The van der Waals surface area contributed by atoms with E-state index in [4.69, 9.17) is 26.7 Å². The molecule has 1 fully saturated rings. The number of carbonyl (C=O) groups excluding carboxylic acids is 1. The van der Waals surface area contributed by atoms with Crippen LogP contribution in [0, 0.1) is 5.92 Å². The Morgan fingerprint density at radius 1 is 1.11 bits per heavy atom. The van der Waals surface area contributed by atoms with Gasteiger partial charge in [0.05, 0.1) is 29.4 Å². The first-order valence-electron chi connectivity index (χ1n) is 11.9. The van der Waals surface area contributed by atoms with Crippen molar-refractivity contribution in [2.75, 3.05) is 32.7 Å². The van der Waals surface area contributed by atoms with Gasteiger partial charge in [0.1, 0.15) is 11.4 Å². The van der Waals surface area contributed by atoms with Crippen molar-refractivity contribution in [1.29, 1.82) is 0 Å². The maximum Gasteiger partial charge on any atom is 0.275 e. The van der Waals surface area contributed by atoms with Gasteiger partial charge in [-0.15, -0.1) is 11.3 Å². The second-order valence-electron chi connectivity index (χ2n) is 8.64. The molecule has 0 saturated heterocycles. The Labute approximate surface area is 216 Å². The lowest BCUT2D eigenvalue weighted by atomic mass is 9.82. The normalized spacial score (nSPS) is 17.5. The van der Waals surface area contributed by atoms with E-state index >= 15 is 0 Å². The lowest BCUT2D eigenvalue weighted by Gasteiger charge is -2.28. The molecule has 0 aliphatic heterocycles. The lowest BCUT2D eigenvalue weighted by molar-refractivity contribution is 0.102. The summed E-state index contributed by atoms with van der Waals surface area (Å²) in [5, 5.41) is 9.24. The molecule has 1 aliphatic rings. The molecule has 0 radical (unpaired) electrons. The van der Waals surface area contributed by atoms with E-state index in [0.29, 0.717) is 35.6 Å². The fourth-order valence-corrected chi connectivity index (χ4v) is 5.72. The molecular formula is C27H31N3O3S2. The molecule has 1 saturated carbocycles. The van der Waals surface area contributed by atoms with Crippen LogP contribution in [0.4, 0.5) is 5.69 Å². The highest BCUT2D eigenvalue weighted by Gasteiger charge is 2.27. The Morgan fingerprint density at radius 3 is 2.60 bits per heavy atom. The zero-order valence-corrected chi connectivity index (χ0v) is 21.7. The second-order valence-corrected chi connectivity index (χ2v) is 9.96. The summed E-state index contributed by atoms with van der Waals surface area (Å²) in [5.74, 6) is 1.25. The summed E-state index contributed by atoms with van der Waals surface area (Å²) >= 11 is 7.13. The molecule has 35 heavy (non-hydrogen) atoms. The van der Waals surface area contributed by atoms with Crippen LogP contribution in [0.2, 0.25) is 0 Å². The van der Waals surface area contributed by atoms with E-state index in [9.17, 15) is 4.79 Å². The maximum atomic E-state index is 13.1. The van der Waals surface area contributed by atoms with Crippen molar-refractivity contribution in [2.45, 2.75) is 31.6 Å². The van der Waals surface area contributed by atoms with E-state index in [1.54, 1.807) is 25.6 Å². The summed E-state index contributed by atoms with van der Waals surface area (Å²) < 4.78 is 10.5. The number of carbonyl (C=O) groups is 1. The van der Waals surface area contributed by atoms with Crippen LogP contribution in [-0.4, -0.2) is 43.3 Å². The summed E-state index contributed by atoms with van der Waals surface area (Å²) in [6.07, 6.45) is 4.13. The molecule has 0 spiro atoms. The minimum absolute atomic E-state index is 0.213. The highest BCUT2D eigenvalue weighted by atomic mass is 32.1. The number of nitrogens with one attached hydrogen (secondary N) is 2. The number of benzene rings is 2. The van der Waals surface area contributed by atoms with Gasteiger partial charge in [0.25, 0.3) is 5.91 Å². The number of ether oxygens (including phenoxy) is 2. The molecule has 184 valence electrons. The Balaban J connectivity index is 1.40. The molecule has 1 aliphatic carbocycles. The van der Waals surface area contributed by atoms with Gasteiger partial charge >= 0.3 is 0 Å². The Bertz CT molecular complexity index is 1140. The molecule has 0 atom stereocenters. The van der Waals surface area contributed by atoms with Crippen molar-refractivity contribution >= 4 is 40.1 Å². The number of thiocarbonyl (C=S) groups is 1. The van der Waals surface area contributed by atoms with E-state index in [-0.39, 0.29) is 5.91 Å². The Kier molecular flexibility index (Phi) is 8.84. The molecule has 6 nitrogen and oxygen atoms in total. The van der Waals surface area contributed by atoms with Gasteiger partial charge in [-0.05, 0) is 43.4 Å². The second kappa shape index (κ2) is 12.2. The fraction of sp³-hybridized carbons (Fsp3) is 0.370. The van der Waals surface area contributed by atoms with Crippen molar-refractivity contribution < 1.29 is 14.3 Å². The van der Waals surface area contributed by atoms with E-state index in [2.05, 4.69) is 10.6 Å². The van der Waals surface area contributed by atoms with Crippen LogP contribution in [0.1, 0.15) is 47.1 Å². The van der Waals surface area contributed by atoms with Gasteiger partial charge in [0.15, 0.2) is 0 Å². The Hall–Kier alpha value is -2.81. The minimum Gasteiger partial charge on any atom is -0.497 e. The van der Waals surface area contributed by atoms with Crippen molar-refractivity contribution in [3.63, 3.8) is 0 Å². The molecule has 4 rings (SSSR count). The number of aromatic nitrogens is 1. The van der Waals surface area contributed by atoms with Gasteiger partial charge in [0.2, 0.25) is 0 Å². The van der Waals surface area contributed by atoms with Crippen LogP contribution in [0.5, 0.6) is 5.75 Å². The minimum atomic E-state index is -0.213. The Morgan fingerprint density at radius 2 is 1.89 bits per heavy atom. The standard InChI is InChI=1S/C27H31N3O3S2/c1-32-15-14-28-26(34)19-8-10-20(11-9-19)27-30-24(17-35-27)25(31)29-23-16-21(33-2)12-13-22(23)18-6-4-3-5-7-18/h3-7,12-13,16-17,19-20H,8-11,14-15H2,1-2H3,(H,28,34)(H,29,31). The maximum absolute atomic E-state index is 13.1. The predicted octanol–water partition coefficient (Wildman–Crippen LogP) is 5.91. The third-order valence-corrected chi connectivity index (χ3v) is 7.85. The molecule has 1 heterocycles. The summed E-state index contributed by atoms with van der Waals surface area (Å²) in [6.45, 7) is 1.40. The molecule has 1 aromatic heterocycles. The SMILES string of the molecule is COCCNC(=S)C1CCC(c2nc(C(=O)Nc3cc(OC)ccc3-c3ccccc3)cs2)CC1. The van der Waals surface area contributed by atoms with Gasteiger partial charge in [0, 0.05) is 42.5 Å². The van der Waals surface area contributed by atoms with Crippen molar-refractivity contribution in [3.05, 3.63) is 64.6 Å². The molecule has 0 unspecified atom stereocenters. The number of thiazole rings is 1. The number of hydrogen-bond donors (Lipinski definition) is 2. The molecule has 8 heteroatoms. The first-order valence-corrected chi connectivity index (χ1v) is 13.1. The number of methoxy groups -OCH3 is 2. The molecule has 1 amide bonds. The highest BCUT2D eigenvalue weighted by molar-refractivity contribution is 7.80. The van der Waals surface area contributed by atoms with E-state index in [0.717, 1.165) is 53.4 Å². The summed E-state index contributed by atoms with van der Waals surface area (Å²) in [6, 6.07) is 15.7. The van der Waals surface area contributed by atoms with Crippen LogP contribution >= 0.6 is 23.6 Å². The van der Waals surface area contributed by atoms with Crippen molar-refractivity contribution in [3.8, 4) is 16.9 Å². The van der Waals surface area contributed by atoms with Crippen LogP contribution in [0.25, 0.3) is 11.1 Å². The molecular weight excluding hydrogens is 478 g/mol. The number of anilines is 1. The molecule has 0 bridgehead atoms. The quantitative estimate of drug-likeness (QED) is 0.276. The van der Waals surface area contributed by atoms with Gasteiger partial charge < -0.3 is 20.1 Å². The first kappa shape index (κ1) is 25.3. The molecule has 3 aromatic rings. The first-order chi connectivity index (χ1) is 17.1. The van der Waals surface area contributed by atoms with Crippen LogP contribution < -0.4 is 15.4 Å². The largest absolute Gasteiger partial charge is 0.497 e. The fourth-order valence-electron chi connectivity index (χ4n) is 4.41. The summed E-state index contributed by atoms with van der Waals surface area (Å²) in [7, 11) is 3.31. The predicted molar refractivity (Wildman–Crippen MR) is 146 cm³/mol.